The number of fused-ring (bicyclic) bond motifs is 1. The Balaban J connectivity index is 1.80. The zero-order valence-electron chi connectivity index (χ0n) is 10.3. The molecule has 1 amide bonds. The van der Waals surface area contributed by atoms with E-state index in [0.717, 1.165) is 22.8 Å². The van der Waals surface area contributed by atoms with Crippen LogP contribution in [0.3, 0.4) is 0 Å². The van der Waals surface area contributed by atoms with Gasteiger partial charge in [-0.05, 0) is 23.8 Å². The first kappa shape index (κ1) is 13.0. The molecule has 0 saturated heterocycles. The first-order chi connectivity index (χ1) is 9.75. The van der Waals surface area contributed by atoms with Crippen LogP contribution < -0.4 is 5.32 Å². The Hall–Kier alpha value is -1.98. The smallest absolute Gasteiger partial charge is 0.253 e. The van der Waals surface area contributed by atoms with Crippen LogP contribution in [0.15, 0.2) is 42.5 Å². The van der Waals surface area contributed by atoms with E-state index >= 15 is 0 Å². The molecule has 0 aliphatic heterocycles. The van der Waals surface area contributed by atoms with E-state index in [2.05, 4.69) is 14.1 Å². The summed E-state index contributed by atoms with van der Waals surface area (Å²) in [6.45, 7) is 0.381. The van der Waals surface area contributed by atoms with E-state index in [1.165, 1.54) is 0 Å². The molecular weight excluding hydrogens is 294 g/mol. The van der Waals surface area contributed by atoms with Crippen LogP contribution in [0.5, 0.6) is 0 Å². The highest BCUT2D eigenvalue weighted by Gasteiger charge is 2.12. The second kappa shape index (κ2) is 5.56. The van der Waals surface area contributed by atoms with Crippen molar-refractivity contribution in [1.29, 1.82) is 0 Å². The summed E-state index contributed by atoms with van der Waals surface area (Å²) in [4.78, 5) is 12.2. The molecule has 100 valence electrons. The van der Waals surface area contributed by atoms with Crippen LogP contribution in [0, 0.1) is 0 Å². The van der Waals surface area contributed by atoms with Crippen LogP contribution in [-0.4, -0.2) is 14.7 Å². The van der Waals surface area contributed by atoms with Gasteiger partial charge < -0.3 is 5.32 Å². The van der Waals surface area contributed by atoms with Crippen LogP contribution in [0.4, 0.5) is 0 Å². The van der Waals surface area contributed by atoms with Gasteiger partial charge in [-0.15, -0.1) is 0 Å². The van der Waals surface area contributed by atoms with E-state index in [1.54, 1.807) is 18.2 Å². The Morgan fingerprint density at radius 1 is 1.15 bits per heavy atom. The van der Waals surface area contributed by atoms with Crippen molar-refractivity contribution in [1.82, 2.24) is 14.1 Å². The maximum atomic E-state index is 12.2. The average molecular weight is 304 g/mol. The normalized spacial score (nSPS) is 10.7. The Bertz CT molecular complexity index is 772. The summed E-state index contributed by atoms with van der Waals surface area (Å²) in [7, 11) is 0. The van der Waals surface area contributed by atoms with Gasteiger partial charge in [0.25, 0.3) is 5.91 Å². The number of nitrogens with one attached hydrogen (secondary N) is 1. The van der Waals surface area contributed by atoms with Gasteiger partial charge in [0.1, 0.15) is 11.0 Å². The standard InChI is InChI=1S/C14H10ClN3OS/c15-11-6-2-1-4-9(11)8-16-14(19)10-5-3-7-12-13(10)18-20-17-12/h1-7H,8H2,(H,16,19). The fourth-order valence-electron chi connectivity index (χ4n) is 1.90. The van der Waals surface area contributed by atoms with E-state index in [-0.39, 0.29) is 5.91 Å². The first-order valence-electron chi connectivity index (χ1n) is 5.98. The maximum Gasteiger partial charge on any atom is 0.253 e. The molecule has 20 heavy (non-hydrogen) atoms. The number of carbonyl (C=O) groups excluding carboxylic acids is 1. The average Bonchev–Trinajstić information content (AvgIpc) is 2.94. The van der Waals surface area contributed by atoms with Gasteiger partial charge in [0.2, 0.25) is 0 Å². The highest BCUT2D eigenvalue weighted by atomic mass is 35.5. The molecule has 0 aliphatic carbocycles. The monoisotopic (exact) mass is 303 g/mol. The summed E-state index contributed by atoms with van der Waals surface area (Å²) in [5, 5.41) is 3.49. The zero-order chi connectivity index (χ0) is 13.9. The lowest BCUT2D eigenvalue weighted by atomic mass is 10.1. The molecule has 3 aromatic rings. The molecule has 0 fully saturated rings. The van der Waals surface area contributed by atoms with E-state index in [1.807, 2.05) is 24.3 Å². The number of benzene rings is 2. The molecule has 1 N–H and O–H groups in total. The minimum atomic E-state index is -0.178. The van der Waals surface area contributed by atoms with Crippen molar-refractivity contribution in [2.24, 2.45) is 0 Å². The fourth-order valence-corrected chi connectivity index (χ4v) is 2.65. The van der Waals surface area contributed by atoms with Crippen LogP contribution in [0.2, 0.25) is 5.02 Å². The molecule has 0 bridgehead atoms. The van der Waals surface area contributed by atoms with Gasteiger partial charge in [0, 0.05) is 11.6 Å². The molecule has 0 unspecified atom stereocenters. The molecule has 0 radical (unpaired) electrons. The molecule has 0 atom stereocenters. The summed E-state index contributed by atoms with van der Waals surface area (Å²) >= 11 is 7.16. The minimum Gasteiger partial charge on any atom is -0.348 e. The van der Waals surface area contributed by atoms with Crippen molar-refractivity contribution < 1.29 is 4.79 Å². The summed E-state index contributed by atoms with van der Waals surface area (Å²) < 4.78 is 8.28. The Kier molecular flexibility index (Phi) is 3.62. The van der Waals surface area contributed by atoms with Gasteiger partial charge in [-0.1, -0.05) is 35.9 Å². The van der Waals surface area contributed by atoms with Crippen molar-refractivity contribution in [3.8, 4) is 0 Å². The minimum absolute atomic E-state index is 0.178. The molecule has 4 nitrogen and oxygen atoms in total. The van der Waals surface area contributed by atoms with E-state index in [0.29, 0.717) is 22.6 Å². The molecule has 2 aromatic carbocycles. The lowest BCUT2D eigenvalue weighted by Gasteiger charge is -2.07. The van der Waals surface area contributed by atoms with Gasteiger partial charge in [-0.25, -0.2) is 0 Å². The van der Waals surface area contributed by atoms with Gasteiger partial charge >= 0.3 is 0 Å². The SMILES string of the molecule is O=C(NCc1ccccc1Cl)c1cccc2nsnc12. The highest BCUT2D eigenvalue weighted by Crippen LogP contribution is 2.17. The molecule has 0 spiro atoms. The lowest BCUT2D eigenvalue weighted by molar-refractivity contribution is 0.0952. The number of rotatable bonds is 3. The number of hydrogen-bond acceptors (Lipinski definition) is 4. The third-order valence-electron chi connectivity index (χ3n) is 2.93. The van der Waals surface area contributed by atoms with Gasteiger partial charge in [-0.3, -0.25) is 4.79 Å². The summed E-state index contributed by atoms with van der Waals surface area (Å²) in [5.41, 5.74) is 2.78. The molecule has 0 saturated carbocycles. The maximum absolute atomic E-state index is 12.2. The Morgan fingerprint density at radius 3 is 2.85 bits per heavy atom. The molecule has 1 aromatic heterocycles. The number of nitrogens with zero attached hydrogens (tertiary/aromatic N) is 2. The largest absolute Gasteiger partial charge is 0.348 e. The van der Waals surface area contributed by atoms with E-state index < -0.39 is 0 Å². The highest BCUT2D eigenvalue weighted by molar-refractivity contribution is 7.00. The van der Waals surface area contributed by atoms with Crippen molar-refractivity contribution in [3.63, 3.8) is 0 Å². The molecule has 3 rings (SSSR count). The molecule has 0 aliphatic rings. The van der Waals surface area contributed by atoms with Crippen molar-refractivity contribution >= 4 is 40.3 Å². The second-order valence-corrected chi connectivity index (χ2v) is 5.15. The number of amides is 1. The van der Waals surface area contributed by atoms with Crippen molar-refractivity contribution in [2.45, 2.75) is 6.54 Å². The predicted octanol–water partition coefficient (Wildman–Crippen LogP) is 3.27. The fraction of sp³-hybridized carbons (Fsp3) is 0.0714. The third-order valence-corrected chi connectivity index (χ3v) is 3.84. The van der Waals surface area contributed by atoms with Crippen LogP contribution in [0.1, 0.15) is 15.9 Å². The number of carbonyl (C=O) groups is 1. The Labute approximate surface area is 124 Å². The first-order valence-corrected chi connectivity index (χ1v) is 7.09. The van der Waals surface area contributed by atoms with Crippen LogP contribution in [-0.2, 0) is 6.54 Å². The van der Waals surface area contributed by atoms with Gasteiger partial charge in [-0.2, -0.15) is 8.75 Å². The van der Waals surface area contributed by atoms with Gasteiger partial charge in [0.05, 0.1) is 17.3 Å². The quantitative estimate of drug-likeness (QED) is 0.808. The Morgan fingerprint density at radius 2 is 2.00 bits per heavy atom. The van der Waals surface area contributed by atoms with Crippen LogP contribution in [0.25, 0.3) is 11.0 Å². The second-order valence-electron chi connectivity index (χ2n) is 4.21. The summed E-state index contributed by atoms with van der Waals surface area (Å²) in [6.07, 6.45) is 0. The van der Waals surface area contributed by atoms with E-state index in [4.69, 9.17) is 11.6 Å². The topological polar surface area (TPSA) is 54.9 Å². The zero-order valence-corrected chi connectivity index (χ0v) is 11.9. The van der Waals surface area contributed by atoms with Crippen molar-refractivity contribution in [2.75, 3.05) is 0 Å². The third kappa shape index (κ3) is 2.50. The summed E-state index contributed by atoms with van der Waals surface area (Å²) in [6, 6.07) is 12.8. The lowest BCUT2D eigenvalue weighted by Crippen LogP contribution is -2.23. The predicted molar refractivity (Wildman–Crippen MR) is 80.0 cm³/mol. The van der Waals surface area contributed by atoms with Crippen molar-refractivity contribution in [3.05, 3.63) is 58.6 Å². The number of halogens is 1. The summed E-state index contributed by atoms with van der Waals surface area (Å²) in [5.74, 6) is -0.178. The number of hydrogen-bond donors (Lipinski definition) is 1. The molecule has 1 heterocycles. The van der Waals surface area contributed by atoms with Crippen LogP contribution >= 0.6 is 23.3 Å². The van der Waals surface area contributed by atoms with E-state index in [9.17, 15) is 4.79 Å². The molecule has 6 heteroatoms. The van der Waals surface area contributed by atoms with Gasteiger partial charge in [0.15, 0.2) is 0 Å². The number of aromatic nitrogens is 2. The molecular formula is C14H10ClN3OS.